The zero-order valence-electron chi connectivity index (χ0n) is 14.4. The van der Waals surface area contributed by atoms with Crippen LogP contribution in [0.5, 0.6) is 5.75 Å². The highest BCUT2D eigenvalue weighted by atomic mass is 35.5. The van der Waals surface area contributed by atoms with Gasteiger partial charge in [-0.2, -0.15) is 0 Å². The van der Waals surface area contributed by atoms with Crippen molar-refractivity contribution in [1.82, 2.24) is 15.0 Å². The van der Waals surface area contributed by atoms with Crippen LogP contribution in [-0.4, -0.2) is 23.3 Å². The number of fused-ring (bicyclic) bond motifs is 1. The first-order valence-electron chi connectivity index (χ1n) is 7.72. The predicted molar refractivity (Wildman–Crippen MR) is 97.9 cm³/mol. The highest BCUT2D eigenvalue weighted by Gasteiger charge is 2.40. The Bertz CT molecular complexity index is 870. The summed E-state index contributed by atoms with van der Waals surface area (Å²) in [6.45, 7) is 11.0. The third-order valence-electron chi connectivity index (χ3n) is 4.49. The molecule has 0 unspecified atom stereocenters. The molecule has 0 spiro atoms. The molecule has 3 aromatic rings. The number of rotatable bonds is 3. The van der Waals surface area contributed by atoms with E-state index in [9.17, 15) is 0 Å². The van der Waals surface area contributed by atoms with Crippen molar-refractivity contribution >= 4 is 30.9 Å². The monoisotopic (exact) mass is 361 g/mol. The van der Waals surface area contributed by atoms with Crippen LogP contribution in [0.1, 0.15) is 20.8 Å². The summed E-state index contributed by atoms with van der Waals surface area (Å²) in [4.78, 5) is 12.2. The van der Waals surface area contributed by atoms with Gasteiger partial charge >= 0.3 is 0 Å². The van der Waals surface area contributed by atoms with Crippen LogP contribution in [0.15, 0.2) is 35.3 Å². The Hall–Kier alpha value is -1.92. The maximum absolute atomic E-state index is 6.56. The van der Waals surface area contributed by atoms with Crippen LogP contribution in [0, 0.1) is 0 Å². The van der Waals surface area contributed by atoms with Crippen molar-refractivity contribution < 1.29 is 8.84 Å². The maximum atomic E-state index is 6.56. The first-order chi connectivity index (χ1) is 11.2. The van der Waals surface area contributed by atoms with Crippen molar-refractivity contribution in [3.05, 3.63) is 36.1 Å². The van der Waals surface area contributed by atoms with Gasteiger partial charge in [0.25, 0.3) is 8.32 Å². The molecule has 5 nitrogen and oxygen atoms in total. The molecule has 0 aliphatic carbocycles. The van der Waals surface area contributed by atoms with Crippen molar-refractivity contribution in [3.63, 3.8) is 0 Å². The molecule has 24 heavy (non-hydrogen) atoms. The third kappa shape index (κ3) is 3.03. The Labute approximate surface area is 147 Å². The van der Waals surface area contributed by atoms with E-state index in [0.717, 1.165) is 16.7 Å². The van der Waals surface area contributed by atoms with E-state index in [0.29, 0.717) is 11.3 Å². The number of pyridine rings is 1. The normalized spacial score (nSPS) is 12.6. The first kappa shape index (κ1) is 16.9. The second-order valence-corrected chi connectivity index (χ2v) is 12.3. The van der Waals surface area contributed by atoms with Gasteiger partial charge in [-0.1, -0.05) is 20.8 Å². The van der Waals surface area contributed by atoms with E-state index in [4.69, 9.17) is 20.4 Å². The average molecular weight is 362 g/mol. The zero-order valence-corrected chi connectivity index (χ0v) is 16.2. The van der Waals surface area contributed by atoms with Crippen LogP contribution >= 0.6 is 11.6 Å². The van der Waals surface area contributed by atoms with Gasteiger partial charge in [-0.05, 0) is 35.8 Å². The molecule has 0 amide bonds. The number of furan rings is 1. The molecular formula is C17H20ClN3O2Si. The summed E-state index contributed by atoms with van der Waals surface area (Å²) in [5.74, 6) is 1.34. The Kier molecular flexibility index (Phi) is 4.13. The fourth-order valence-electron chi connectivity index (χ4n) is 2.06. The summed E-state index contributed by atoms with van der Waals surface area (Å²) >= 11 is 5.80. The Morgan fingerprint density at radius 1 is 1.12 bits per heavy atom. The summed E-state index contributed by atoms with van der Waals surface area (Å²) in [5.41, 5.74) is 1.40. The van der Waals surface area contributed by atoms with E-state index in [-0.39, 0.29) is 10.3 Å². The van der Waals surface area contributed by atoms with Crippen LogP contribution in [0.3, 0.4) is 0 Å². The van der Waals surface area contributed by atoms with Gasteiger partial charge in [0.1, 0.15) is 0 Å². The van der Waals surface area contributed by atoms with E-state index in [1.165, 1.54) is 0 Å². The summed E-state index contributed by atoms with van der Waals surface area (Å²) in [7, 11) is -2.05. The van der Waals surface area contributed by atoms with Crippen molar-refractivity contribution in [2.75, 3.05) is 0 Å². The van der Waals surface area contributed by atoms with Gasteiger partial charge in [-0.25, -0.2) is 9.97 Å². The van der Waals surface area contributed by atoms with Gasteiger partial charge < -0.3 is 8.84 Å². The minimum atomic E-state index is -2.05. The van der Waals surface area contributed by atoms with Gasteiger partial charge in [-0.3, -0.25) is 4.98 Å². The average Bonchev–Trinajstić information content (AvgIpc) is 2.85. The van der Waals surface area contributed by atoms with Crippen LogP contribution in [-0.2, 0) is 0 Å². The molecule has 0 fully saturated rings. The summed E-state index contributed by atoms with van der Waals surface area (Å²) in [6.07, 6.45) is 6.70. The molecule has 0 saturated carbocycles. The molecule has 7 heteroatoms. The molecule has 0 aromatic carbocycles. The lowest BCUT2D eigenvalue weighted by Gasteiger charge is -2.36. The molecule has 0 aliphatic rings. The van der Waals surface area contributed by atoms with E-state index in [1.807, 2.05) is 6.07 Å². The minimum absolute atomic E-state index is 0.0669. The number of hydrogen-bond acceptors (Lipinski definition) is 5. The van der Waals surface area contributed by atoms with Gasteiger partial charge in [0.05, 0.1) is 17.1 Å². The second-order valence-electron chi connectivity index (χ2n) is 7.24. The Morgan fingerprint density at radius 2 is 1.79 bits per heavy atom. The summed E-state index contributed by atoms with van der Waals surface area (Å²) in [5, 5.41) is 1.17. The molecule has 3 rings (SSSR count). The smallest absolute Gasteiger partial charge is 0.250 e. The SMILES string of the molecule is CC(C)(C)[Si](C)(C)Oc1c(-c2cnc(Cl)nc2)oc2cnccc12. The molecular weight excluding hydrogens is 342 g/mol. The fraction of sp³-hybridized carbons (Fsp3) is 0.353. The standard InChI is InChI=1S/C17H20ClN3O2Si/c1-17(2,3)24(4,5)23-15-12-6-7-19-10-13(12)22-14(15)11-8-20-16(18)21-9-11/h6-10H,1-5H3. The van der Waals surface area contributed by atoms with Crippen LogP contribution < -0.4 is 4.43 Å². The molecule has 0 atom stereocenters. The molecule has 0 radical (unpaired) electrons. The van der Waals surface area contributed by atoms with E-state index in [1.54, 1.807) is 24.8 Å². The Balaban J connectivity index is 2.18. The number of halogens is 1. The number of nitrogens with zero attached hydrogens (tertiary/aromatic N) is 3. The van der Waals surface area contributed by atoms with E-state index >= 15 is 0 Å². The van der Waals surface area contributed by atoms with Crippen molar-refractivity contribution in [2.45, 2.75) is 38.9 Å². The topological polar surface area (TPSA) is 61.0 Å². The molecule has 0 bridgehead atoms. The van der Waals surface area contributed by atoms with Crippen LogP contribution in [0.25, 0.3) is 22.3 Å². The highest BCUT2D eigenvalue weighted by molar-refractivity contribution is 6.74. The molecule has 0 aliphatic heterocycles. The summed E-state index contributed by atoms with van der Waals surface area (Å²) < 4.78 is 12.6. The highest BCUT2D eigenvalue weighted by Crippen LogP contribution is 2.44. The third-order valence-corrected chi connectivity index (χ3v) is 9.02. The lowest BCUT2D eigenvalue weighted by Crippen LogP contribution is -2.43. The van der Waals surface area contributed by atoms with Crippen LogP contribution in [0.4, 0.5) is 0 Å². The largest absolute Gasteiger partial charge is 0.540 e. The van der Waals surface area contributed by atoms with Crippen LogP contribution in [0.2, 0.25) is 23.4 Å². The Morgan fingerprint density at radius 3 is 2.42 bits per heavy atom. The quantitative estimate of drug-likeness (QED) is 0.466. The predicted octanol–water partition coefficient (Wildman–Crippen LogP) is 5.32. The van der Waals surface area contributed by atoms with Gasteiger partial charge in [0, 0.05) is 18.6 Å². The summed E-state index contributed by atoms with van der Waals surface area (Å²) in [6, 6.07) is 1.90. The van der Waals surface area contributed by atoms with Crippen molar-refractivity contribution in [3.8, 4) is 17.1 Å². The van der Waals surface area contributed by atoms with Crippen molar-refractivity contribution in [2.24, 2.45) is 0 Å². The van der Waals surface area contributed by atoms with E-state index < -0.39 is 8.32 Å². The molecule has 0 saturated heterocycles. The van der Waals surface area contributed by atoms with Gasteiger partial charge in [0.15, 0.2) is 17.1 Å². The van der Waals surface area contributed by atoms with Gasteiger partial charge in [0.2, 0.25) is 5.28 Å². The zero-order chi connectivity index (χ0) is 17.5. The lowest BCUT2D eigenvalue weighted by molar-refractivity contribution is 0.487. The first-order valence-corrected chi connectivity index (χ1v) is 11.0. The number of hydrogen-bond donors (Lipinski definition) is 0. The molecule has 3 aromatic heterocycles. The molecule has 126 valence electrons. The molecule has 0 N–H and O–H groups in total. The minimum Gasteiger partial charge on any atom is -0.540 e. The molecule has 3 heterocycles. The maximum Gasteiger partial charge on any atom is 0.250 e. The van der Waals surface area contributed by atoms with E-state index in [2.05, 4.69) is 48.8 Å². The lowest BCUT2D eigenvalue weighted by atomic mass is 10.2. The second kappa shape index (κ2) is 5.86. The fourth-order valence-corrected chi connectivity index (χ4v) is 3.17. The van der Waals surface area contributed by atoms with Crippen molar-refractivity contribution in [1.29, 1.82) is 0 Å². The van der Waals surface area contributed by atoms with Gasteiger partial charge in [-0.15, -0.1) is 0 Å². The number of aromatic nitrogens is 3.